The zero-order valence-corrected chi connectivity index (χ0v) is 23.4. The second kappa shape index (κ2) is 10.2. The normalized spacial score (nSPS) is 41.3. The van der Waals surface area contributed by atoms with E-state index in [0.29, 0.717) is 17.3 Å². The summed E-state index contributed by atoms with van der Waals surface area (Å²) in [5.41, 5.74) is 1.67. The highest BCUT2D eigenvalue weighted by atomic mass is 16.5. The maximum Gasteiger partial charge on any atom is 0.303 e. The van der Waals surface area contributed by atoms with Gasteiger partial charge in [-0.3, -0.25) is 9.59 Å². The van der Waals surface area contributed by atoms with Crippen molar-refractivity contribution in [3.63, 3.8) is 0 Å². The maximum atomic E-state index is 12.2. The van der Waals surface area contributed by atoms with Gasteiger partial charge in [-0.15, -0.1) is 0 Å². The molecular weight excluding hydrogens is 436 g/mol. The minimum atomic E-state index is -0.235. The number of carbonyl (C=O) groups excluding carboxylic acids is 2. The van der Waals surface area contributed by atoms with Crippen molar-refractivity contribution in [3.8, 4) is 0 Å². The molecule has 0 saturated heterocycles. The van der Waals surface area contributed by atoms with Gasteiger partial charge in [-0.2, -0.15) is 0 Å². The van der Waals surface area contributed by atoms with Gasteiger partial charge in [-0.05, 0) is 103 Å². The highest BCUT2D eigenvalue weighted by Gasteiger charge is 2.61. The van der Waals surface area contributed by atoms with Crippen LogP contribution >= 0.6 is 0 Å². The SMILES string of the molecule is CC(=O)O[C@H]1C=C2[C@H](OC(C)=O)C[C@@H]3[C@H]4CC[C@H]([C@@H](C)CCCC(C)C)[C@@]4(C)CC[C@H]3[C@@]2(C)CC1. The van der Waals surface area contributed by atoms with Crippen LogP contribution in [0.15, 0.2) is 11.6 Å². The molecule has 3 fully saturated rings. The first-order valence-corrected chi connectivity index (χ1v) is 14.5. The van der Waals surface area contributed by atoms with Gasteiger partial charge in [0.1, 0.15) is 12.2 Å². The summed E-state index contributed by atoms with van der Waals surface area (Å²) < 4.78 is 11.6. The molecular formula is C31H50O4. The van der Waals surface area contributed by atoms with Gasteiger partial charge in [0.2, 0.25) is 0 Å². The van der Waals surface area contributed by atoms with Crippen LogP contribution in [0.1, 0.15) is 113 Å². The first-order chi connectivity index (χ1) is 16.5. The minimum absolute atomic E-state index is 0.0297. The summed E-state index contributed by atoms with van der Waals surface area (Å²) in [4.78, 5) is 23.8. The zero-order chi connectivity index (χ0) is 25.5. The van der Waals surface area contributed by atoms with Gasteiger partial charge in [0.15, 0.2) is 0 Å². The Bertz CT molecular complexity index is 830. The van der Waals surface area contributed by atoms with E-state index in [0.717, 1.165) is 42.9 Å². The summed E-state index contributed by atoms with van der Waals surface area (Å²) >= 11 is 0. The molecule has 0 aromatic heterocycles. The van der Waals surface area contributed by atoms with Crippen LogP contribution in [0.5, 0.6) is 0 Å². The Morgan fingerprint density at radius 1 is 0.943 bits per heavy atom. The third-order valence-electron chi connectivity index (χ3n) is 10.9. The molecule has 0 heterocycles. The van der Waals surface area contributed by atoms with E-state index in [9.17, 15) is 9.59 Å². The molecule has 0 unspecified atom stereocenters. The Balaban J connectivity index is 1.58. The molecule has 0 amide bonds. The van der Waals surface area contributed by atoms with E-state index in [1.807, 2.05) is 0 Å². The molecule has 35 heavy (non-hydrogen) atoms. The van der Waals surface area contributed by atoms with E-state index >= 15 is 0 Å². The van der Waals surface area contributed by atoms with Crippen LogP contribution in [-0.2, 0) is 19.1 Å². The molecule has 4 rings (SSSR count). The van der Waals surface area contributed by atoms with E-state index in [1.165, 1.54) is 64.4 Å². The number of carbonyl (C=O) groups is 2. The molecule has 4 aliphatic rings. The number of hydrogen-bond donors (Lipinski definition) is 0. The molecule has 0 aliphatic heterocycles. The lowest BCUT2D eigenvalue weighted by Gasteiger charge is -2.60. The van der Waals surface area contributed by atoms with Gasteiger partial charge in [0.05, 0.1) is 0 Å². The topological polar surface area (TPSA) is 52.6 Å². The smallest absolute Gasteiger partial charge is 0.303 e. The third-order valence-corrected chi connectivity index (χ3v) is 10.9. The minimum Gasteiger partial charge on any atom is -0.458 e. The number of hydrogen-bond acceptors (Lipinski definition) is 4. The van der Waals surface area contributed by atoms with E-state index < -0.39 is 0 Å². The van der Waals surface area contributed by atoms with Gasteiger partial charge in [0.25, 0.3) is 0 Å². The van der Waals surface area contributed by atoms with Gasteiger partial charge in [-0.25, -0.2) is 0 Å². The molecule has 3 saturated carbocycles. The lowest BCUT2D eigenvalue weighted by atomic mass is 9.46. The predicted octanol–water partition coefficient (Wildman–Crippen LogP) is 7.50. The van der Waals surface area contributed by atoms with Gasteiger partial charge in [0, 0.05) is 13.8 Å². The largest absolute Gasteiger partial charge is 0.458 e. The van der Waals surface area contributed by atoms with E-state index in [2.05, 4.69) is 40.7 Å². The molecule has 0 aromatic rings. The molecule has 0 N–H and O–H groups in total. The Morgan fingerprint density at radius 3 is 2.31 bits per heavy atom. The summed E-state index contributed by atoms with van der Waals surface area (Å²) in [7, 11) is 0. The number of fused-ring (bicyclic) bond motifs is 5. The van der Waals surface area contributed by atoms with E-state index in [-0.39, 0.29) is 29.6 Å². The van der Waals surface area contributed by atoms with Crippen molar-refractivity contribution in [2.45, 2.75) is 125 Å². The monoisotopic (exact) mass is 486 g/mol. The van der Waals surface area contributed by atoms with Crippen molar-refractivity contribution in [2.24, 2.45) is 46.3 Å². The fourth-order valence-electron chi connectivity index (χ4n) is 9.36. The lowest BCUT2D eigenvalue weighted by molar-refractivity contribution is -0.155. The molecule has 4 aliphatic carbocycles. The highest BCUT2D eigenvalue weighted by Crippen LogP contribution is 2.68. The summed E-state index contributed by atoms with van der Waals surface area (Å²) in [6.07, 6.45) is 13.9. The second-order valence-electron chi connectivity index (χ2n) is 13.5. The van der Waals surface area contributed by atoms with Crippen molar-refractivity contribution >= 4 is 11.9 Å². The fraction of sp³-hybridized carbons (Fsp3) is 0.871. The van der Waals surface area contributed by atoms with Crippen molar-refractivity contribution in [1.29, 1.82) is 0 Å². The Labute approximate surface area is 214 Å². The van der Waals surface area contributed by atoms with E-state index in [4.69, 9.17) is 9.47 Å². The molecule has 4 heteroatoms. The second-order valence-corrected chi connectivity index (χ2v) is 13.5. The first-order valence-electron chi connectivity index (χ1n) is 14.5. The van der Waals surface area contributed by atoms with Gasteiger partial charge >= 0.3 is 11.9 Å². The van der Waals surface area contributed by atoms with Crippen LogP contribution in [-0.4, -0.2) is 24.1 Å². The van der Waals surface area contributed by atoms with Crippen LogP contribution in [0.25, 0.3) is 0 Å². The fourth-order valence-corrected chi connectivity index (χ4v) is 9.36. The van der Waals surface area contributed by atoms with Crippen molar-refractivity contribution < 1.29 is 19.1 Å². The van der Waals surface area contributed by atoms with Gasteiger partial charge in [-0.1, -0.05) is 53.9 Å². The number of ether oxygens (including phenoxy) is 2. The Hall–Kier alpha value is -1.32. The average Bonchev–Trinajstić information content (AvgIpc) is 3.11. The van der Waals surface area contributed by atoms with Crippen LogP contribution in [0.2, 0.25) is 0 Å². The Morgan fingerprint density at radius 2 is 1.66 bits per heavy atom. The summed E-state index contributed by atoms with van der Waals surface area (Å²) in [5, 5.41) is 0. The van der Waals surface area contributed by atoms with Crippen LogP contribution < -0.4 is 0 Å². The lowest BCUT2D eigenvalue weighted by Crippen LogP contribution is -2.55. The molecule has 0 spiro atoms. The highest BCUT2D eigenvalue weighted by molar-refractivity contribution is 5.67. The standard InChI is InChI=1S/C31H50O4/c1-19(2)9-8-10-20(3)25-11-12-26-24-18-29(35-22(5)33)28-17-23(34-21(4)32)13-15-31(28,7)27(24)14-16-30(25,26)6/h17,19-20,23-27,29H,8-16,18H2,1-7H3/t20-,23+,24+,25+,26+,27+,29+,30+,31+/m0/s1. The molecule has 0 radical (unpaired) electrons. The van der Waals surface area contributed by atoms with Crippen LogP contribution in [0, 0.1) is 46.3 Å². The molecule has 0 aromatic carbocycles. The summed E-state index contributed by atoms with van der Waals surface area (Å²) in [6.45, 7) is 15.2. The van der Waals surface area contributed by atoms with E-state index in [1.54, 1.807) is 0 Å². The number of rotatable bonds is 7. The zero-order valence-electron chi connectivity index (χ0n) is 23.4. The van der Waals surface area contributed by atoms with Gasteiger partial charge < -0.3 is 9.47 Å². The predicted molar refractivity (Wildman–Crippen MR) is 140 cm³/mol. The third kappa shape index (κ3) is 5.10. The number of esters is 2. The van der Waals surface area contributed by atoms with Crippen LogP contribution in [0.4, 0.5) is 0 Å². The molecule has 4 nitrogen and oxygen atoms in total. The van der Waals surface area contributed by atoms with Crippen molar-refractivity contribution in [1.82, 2.24) is 0 Å². The van der Waals surface area contributed by atoms with Crippen molar-refractivity contribution in [2.75, 3.05) is 0 Å². The molecule has 9 atom stereocenters. The van der Waals surface area contributed by atoms with Crippen molar-refractivity contribution in [3.05, 3.63) is 11.6 Å². The average molecular weight is 487 g/mol. The summed E-state index contributed by atoms with van der Waals surface area (Å²) in [5.74, 6) is 3.93. The van der Waals surface area contributed by atoms with Crippen LogP contribution in [0.3, 0.4) is 0 Å². The maximum absolute atomic E-state index is 12.2. The summed E-state index contributed by atoms with van der Waals surface area (Å²) in [6, 6.07) is 0. The molecule has 198 valence electrons. The first kappa shape index (κ1) is 26.7. The Kier molecular flexibility index (Phi) is 7.80. The molecule has 0 bridgehead atoms. The quantitative estimate of drug-likeness (QED) is 0.276.